The van der Waals surface area contributed by atoms with E-state index in [9.17, 15) is 0 Å². The number of benzene rings is 6. The number of methoxy groups -OCH3 is 1. The highest BCUT2D eigenvalue weighted by atomic mass is 16.5. The zero-order valence-electron chi connectivity index (χ0n) is 20.5. The highest BCUT2D eigenvalue weighted by Gasteiger charge is 2.20. The Morgan fingerprint density at radius 2 is 1.22 bits per heavy atom. The van der Waals surface area contributed by atoms with Crippen molar-refractivity contribution in [3.63, 3.8) is 0 Å². The zero-order valence-corrected chi connectivity index (χ0v) is 20.5. The van der Waals surface area contributed by atoms with Crippen LogP contribution in [0.15, 0.2) is 127 Å². The van der Waals surface area contributed by atoms with Gasteiger partial charge in [-0.25, -0.2) is 0 Å². The number of nitrogens with zero attached hydrogens (tertiary/aromatic N) is 1. The molecule has 0 atom stereocenters. The highest BCUT2D eigenvalue weighted by Crippen LogP contribution is 2.45. The smallest absolute Gasteiger partial charge is 0.119 e. The molecule has 6 aromatic carbocycles. The van der Waals surface area contributed by atoms with Crippen molar-refractivity contribution in [1.29, 1.82) is 0 Å². The summed E-state index contributed by atoms with van der Waals surface area (Å²) < 4.78 is 5.46. The fourth-order valence-electron chi connectivity index (χ4n) is 5.05. The van der Waals surface area contributed by atoms with Crippen molar-refractivity contribution in [1.82, 2.24) is 0 Å². The Hall–Kier alpha value is -4.56. The van der Waals surface area contributed by atoms with E-state index < -0.39 is 0 Å². The lowest BCUT2D eigenvalue weighted by Crippen LogP contribution is -2.12. The molecule has 174 valence electrons. The van der Waals surface area contributed by atoms with Crippen molar-refractivity contribution in [3.05, 3.63) is 133 Å². The van der Waals surface area contributed by atoms with Gasteiger partial charge < -0.3 is 9.64 Å². The van der Waals surface area contributed by atoms with Crippen LogP contribution in [0.4, 0.5) is 17.1 Å². The first kappa shape index (κ1) is 21.9. The van der Waals surface area contributed by atoms with E-state index in [1.807, 2.05) is 12.1 Å². The van der Waals surface area contributed by atoms with Crippen LogP contribution in [0.25, 0.3) is 32.7 Å². The number of rotatable bonds is 5. The van der Waals surface area contributed by atoms with Crippen molar-refractivity contribution in [2.45, 2.75) is 6.92 Å². The quantitative estimate of drug-likeness (QED) is 0.251. The van der Waals surface area contributed by atoms with E-state index >= 15 is 0 Å². The van der Waals surface area contributed by atoms with Gasteiger partial charge in [0.25, 0.3) is 0 Å². The molecular formula is C34H27NO. The third-order valence-electron chi connectivity index (χ3n) is 6.87. The molecule has 0 heterocycles. The monoisotopic (exact) mass is 465 g/mol. The normalized spacial score (nSPS) is 11.1. The fourth-order valence-corrected chi connectivity index (χ4v) is 5.05. The third kappa shape index (κ3) is 3.87. The van der Waals surface area contributed by atoms with Gasteiger partial charge in [-0.1, -0.05) is 84.9 Å². The summed E-state index contributed by atoms with van der Waals surface area (Å²) >= 11 is 0. The van der Waals surface area contributed by atoms with Gasteiger partial charge in [0.2, 0.25) is 0 Å². The molecule has 0 unspecified atom stereocenters. The molecule has 0 N–H and O–H groups in total. The second kappa shape index (κ2) is 9.24. The lowest BCUT2D eigenvalue weighted by molar-refractivity contribution is 0.415. The number of fused-ring (bicyclic) bond motifs is 2. The molecule has 0 aromatic heterocycles. The van der Waals surface area contributed by atoms with Gasteiger partial charge in [0.05, 0.1) is 12.8 Å². The van der Waals surface area contributed by atoms with Crippen molar-refractivity contribution in [2.24, 2.45) is 0 Å². The standard InChI is InChI=1S/C34H27NO/c1-24-9-3-8-14-32(24)35(29-18-20-30(36-2)21-19-29)33-22-17-26-11-6-7-13-31(26)34(33)28-16-15-25-10-4-5-12-27(25)23-28/h3-23H,1-2H3. The van der Waals surface area contributed by atoms with Gasteiger partial charge in [0.15, 0.2) is 0 Å². The van der Waals surface area contributed by atoms with Crippen molar-refractivity contribution in [3.8, 4) is 16.9 Å². The molecule has 0 fully saturated rings. The molecule has 0 saturated heterocycles. The van der Waals surface area contributed by atoms with E-state index in [4.69, 9.17) is 4.74 Å². The number of anilines is 3. The summed E-state index contributed by atoms with van der Waals surface area (Å²) in [6, 6.07) is 45.3. The average Bonchev–Trinajstić information content (AvgIpc) is 2.94. The van der Waals surface area contributed by atoms with Crippen LogP contribution in [0.2, 0.25) is 0 Å². The van der Waals surface area contributed by atoms with E-state index in [0.29, 0.717) is 0 Å². The summed E-state index contributed by atoms with van der Waals surface area (Å²) in [4.78, 5) is 2.37. The summed E-state index contributed by atoms with van der Waals surface area (Å²) in [6.07, 6.45) is 0. The van der Waals surface area contributed by atoms with Gasteiger partial charge in [-0.3, -0.25) is 0 Å². The molecule has 0 aliphatic carbocycles. The molecule has 2 nitrogen and oxygen atoms in total. The maximum Gasteiger partial charge on any atom is 0.119 e. The summed E-state index contributed by atoms with van der Waals surface area (Å²) in [6.45, 7) is 2.17. The van der Waals surface area contributed by atoms with Crippen molar-refractivity contribution < 1.29 is 4.74 Å². The van der Waals surface area contributed by atoms with Gasteiger partial charge in [0, 0.05) is 16.9 Å². The van der Waals surface area contributed by atoms with Gasteiger partial charge in [-0.2, -0.15) is 0 Å². The van der Waals surface area contributed by atoms with Gasteiger partial charge in [-0.05, 0) is 82.1 Å². The molecule has 6 rings (SSSR count). The van der Waals surface area contributed by atoms with Crippen LogP contribution < -0.4 is 9.64 Å². The average molecular weight is 466 g/mol. The molecule has 0 radical (unpaired) electrons. The summed E-state index contributed by atoms with van der Waals surface area (Å²) in [5, 5.41) is 4.94. The van der Waals surface area contributed by atoms with Gasteiger partial charge in [-0.15, -0.1) is 0 Å². The van der Waals surface area contributed by atoms with E-state index in [1.165, 1.54) is 38.2 Å². The lowest BCUT2D eigenvalue weighted by Gasteiger charge is -2.30. The predicted octanol–water partition coefficient (Wildman–Crippen LogP) is 9.45. The SMILES string of the molecule is COc1ccc(N(c2ccccc2C)c2ccc3ccccc3c2-c2ccc3ccccc3c2)cc1. The largest absolute Gasteiger partial charge is 0.497 e. The van der Waals surface area contributed by atoms with Crippen LogP contribution in [0.1, 0.15) is 5.56 Å². The molecule has 0 spiro atoms. The molecule has 0 aliphatic rings. The first-order valence-electron chi connectivity index (χ1n) is 12.2. The molecule has 2 heteroatoms. The van der Waals surface area contributed by atoms with Crippen LogP contribution in [0.3, 0.4) is 0 Å². The Morgan fingerprint density at radius 1 is 0.556 bits per heavy atom. The Morgan fingerprint density at radius 3 is 2.00 bits per heavy atom. The van der Waals surface area contributed by atoms with Crippen molar-refractivity contribution in [2.75, 3.05) is 12.0 Å². The Labute approximate surface area is 212 Å². The molecule has 0 amide bonds. The number of para-hydroxylation sites is 1. The van der Waals surface area contributed by atoms with Crippen LogP contribution in [-0.4, -0.2) is 7.11 Å². The molecule has 0 aliphatic heterocycles. The lowest BCUT2D eigenvalue weighted by atomic mass is 9.93. The summed E-state index contributed by atoms with van der Waals surface area (Å²) in [7, 11) is 1.70. The first-order valence-corrected chi connectivity index (χ1v) is 12.2. The second-order valence-corrected chi connectivity index (χ2v) is 9.06. The summed E-state index contributed by atoms with van der Waals surface area (Å²) in [5.74, 6) is 0.844. The maximum atomic E-state index is 5.46. The Kier molecular flexibility index (Phi) is 5.63. The molecule has 0 saturated carbocycles. The minimum atomic E-state index is 0.844. The van der Waals surface area contributed by atoms with E-state index in [1.54, 1.807) is 7.11 Å². The Bertz CT molecular complexity index is 1680. The van der Waals surface area contributed by atoms with Gasteiger partial charge >= 0.3 is 0 Å². The maximum absolute atomic E-state index is 5.46. The first-order chi connectivity index (χ1) is 17.7. The van der Waals surface area contributed by atoms with E-state index in [0.717, 1.165) is 22.8 Å². The summed E-state index contributed by atoms with van der Waals surface area (Å²) in [5.41, 5.74) is 7.02. The molecule has 0 bridgehead atoms. The van der Waals surface area contributed by atoms with Crippen LogP contribution in [0.5, 0.6) is 5.75 Å². The number of hydrogen-bond donors (Lipinski definition) is 0. The highest BCUT2D eigenvalue weighted by molar-refractivity contribution is 6.06. The topological polar surface area (TPSA) is 12.5 Å². The van der Waals surface area contributed by atoms with Crippen LogP contribution in [-0.2, 0) is 0 Å². The van der Waals surface area contributed by atoms with E-state index in [-0.39, 0.29) is 0 Å². The second-order valence-electron chi connectivity index (χ2n) is 9.06. The van der Waals surface area contributed by atoms with Crippen LogP contribution >= 0.6 is 0 Å². The molecular weight excluding hydrogens is 438 g/mol. The zero-order chi connectivity index (χ0) is 24.5. The molecule has 6 aromatic rings. The number of ether oxygens (including phenoxy) is 1. The number of hydrogen-bond acceptors (Lipinski definition) is 2. The fraction of sp³-hybridized carbons (Fsp3) is 0.0588. The van der Waals surface area contributed by atoms with Gasteiger partial charge in [0.1, 0.15) is 5.75 Å². The van der Waals surface area contributed by atoms with Crippen molar-refractivity contribution >= 4 is 38.6 Å². The van der Waals surface area contributed by atoms with Crippen LogP contribution in [0, 0.1) is 6.92 Å². The van der Waals surface area contributed by atoms with E-state index in [2.05, 4.69) is 127 Å². The molecule has 36 heavy (non-hydrogen) atoms. The minimum absolute atomic E-state index is 0.844. The predicted molar refractivity (Wildman–Crippen MR) is 153 cm³/mol. The third-order valence-corrected chi connectivity index (χ3v) is 6.87. The number of aryl methyl sites for hydroxylation is 1. The Balaban J connectivity index is 1.67. The minimum Gasteiger partial charge on any atom is -0.497 e.